The number of hydrogen-bond acceptors (Lipinski definition) is 5. The van der Waals surface area contributed by atoms with E-state index in [0.29, 0.717) is 18.0 Å². The van der Waals surface area contributed by atoms with Crippen LogP contribution in [0.3, 0.4) is 0 Å². The molecule has 3 aromatic rings. The molecule has 0 amide bonds. The number of nitrogens with zero attached hydrogens (tertiary/aromatic N) is 2. The second-order valence-corrected chi connectivity index (χ2v) is 5.67. The highest BCUT2D eigenvalue weighted by atomic mass is 16.6. The van der Waals surface area contributed by atoms with Gasteiger partial charge in [-0.25, -0.2) is 0 Å². The number of hydrogen-bond donors (Lipinski definition) is 0. The lowest BCUT2D eigenvalue weighted by molar-refractivity contribution is 0.213. The summed E-state index contributed by atoms with van der Waals surface area (Å²) < 4.78 is 11.0. The van der Waals surface area contributed by atoms with Crippen LogP contribution < -0.4 is 4.74 Å². The van der Waals surface area contributed by atoms with Crippen molar-refractivity contribution in [2.24, 2.45) is 5.16 Å². The fourth-order valence-corrected chi connectivity index (χ4v) is 2.71. The van der Waals surface area contributed by atoms with E-state index in [2.05, 4.69) is 10.3 Å². The van der Waals surface area contributed by atoms with Gasteiger partial charge in [0.15, 0.2) is 0 Å². The van der Waals surface area contributed by atoms with Crippen LogP contribution in [0.4, 0.5) is 0 Å². The van der Waals surface area contributed by atoms with Crippen molar-refractivity contribution in [3.05, 3.63) is 82.7 Å². The van der Waals surface area contributed by atoms with Crippen LogP contribution in [-0.2, 0) is 11.4 Å². The molecule has 0 aliphatic heterocycles. The lowest BCUT2D eigenvalue weighted by atomic mass is 10.0. The van der Waals surface area contributed by atoms with Gasteiger partial charge in [-0.1, -0.05) is 52.8 Å². The van der Waals surface area contributed by atoms with Crippen molar-refractivity contribution in [2.45, 2.75) is 20.5 Å². The molecule has 2 aromatic carbocycles. The van der Waals surface area contributed by atoms with E-state index in [4.69, 9.17) is 14.1 Å². The molecule has 0 fully saturated rings. The molecule has 128 valence electrons. The Morgan fingerprint density at radius 3 is 2.48 bits per heavy atom. The third-order valence-corrected chi connectivity index (χ3v) is 3.92. The summed E-state index contributed by atoms with van der Waals surface area (Å²) in [5.41, 5.74) is 5.33. The Morgan fingerprint density at radius 2 is 1.80 bits per heavy atom. The summed E-state index contributed by atoms with van der Waals surface area (Å²) in [5, 5.41) is 8.10. The summed E-state index contributed by atoms with van der Waals surface area (Å²) >= 11 is 0. The first-order chi connectivity index (χ1) is 12.2. The van der Waals surface area contributed by atoms with Gasteiger partial charge >= 0.3 is 0 Å². The van der Waals surface area contributed by atoms with Gasteiger partial charge in [0.1, 0.15) is 37.1 Å². The van der Waals surface area contributed by atoms with Crippen molar-refractivity contribution in [3.63, 3.8) is 0 Å². The summed E-state index contributed by atoms with van der Waals surface area (Å²) in [5.74, 6) is 0.906. The zero-order valence-corrected chi connectivity index (χ0v) is 14.5. The topological polar surface area (TPSA) is 56.9 Å². The molecule has 0 N–H and O–H groups in total. The molecule has 3 rings (SSSR count). The van der Waals surface area contributed by atoms with Crippen LogP contribution in [0.5, 0.6) is 5.75 Å². The highest BCUT2D eigenvalue weighted by molar-refractivity contribution is 6.12. The SMILES string of the molecule is CON=C(c1ccon1)c1ccccc1COc1c(C)cccc1C. The van der Waals surface area contributed by atoms with Crippen LogP contribution in [0.1, 0.15) is 27.9 Å². The highest BCUT2D eigenvalue weighted by Crippen LogP contribution is 2.24. The second-order valence-electron chi connectivity index (χ2n) is 5.67. The van der Waals surface area contributed by atoms with Crippen molar-refractivity contribution in [1.29, 1.82) is 0 Å². The van der Waals surface area contributed by atoms with E-state index in [9.17, 15) is 0 Å². The molecule has 5 nitrogen and oxygen atoms in total. The Labute approximate surface area is 146 Å². The van der Waals surface area contributed by atoms with Crippen molar-refractivity contribution >= 4 is 5.71 Å². The van der Waals surface area contributed by atoms with Crippen molar-refractivity contribution in [3.8, 4) is 5.75 Å². The molecule has 1 aromatic heterocycles. The maximum atomic E-state index is 6.10. The smallest absolute Gasteiger partial charge is 0.139 e. The fraction of sp³-hybridized carbons (Fsp3) is 0.200. The van der Waals surface area contributed by atoms with Crippen molar-refractivity contribution in [1.82, 2.24) is 5.16 Å². The quantitative estimate of drug-likeness (QED) is 0.498. The molecule has 0 spiro atoms. The van der Waals surface area contributed by atoms with Gasteiger partial charge in [0.25, 0.3) is 0 Å². The highest BCUT2D eigenvalue weighted by Gasteiger charge is 2.16. The summed E-state index contributed by atoms with van der Waals surface area (Å²) in [6.07, 6.45) is 1.51. The van der Waals surface area contributed by atoms with Crippen LogP contribution in [0.25, 0.3) is 0 Å². The van der Waals surface area contributed by atoms with Gasteiger partial charge in [-0.15, -0.1) is 0 Å². The maximum Gasteiger partial charge on any atom is 0.139 e. The van der Waals surface area contributed by atoms with Crippen LogP contribution in [0, 0.1) is 13.8 Å². The third kappa shape index (κ3) is 3.71. The van der Waals surface area contributed by atoms with Gasteiger partial charge in [0, 0.05) is 11.6 Å². The molecule has 0 unspecified atom stereocenters. The van der Waals surface area contributed by atoms with Crippen LogP contribution in [0.2, 0.25) is 0 Å². The van der Waals surface area contributed by atoms with Gasteiger partial charge in [-0.05, 0) is 30.5 Å². The summed E-state index contributed by atoms with van der Waals surface area (Å²) in [7, 11) is 1.51. The summed E-state index contributed by atoms with van der Waals surface area (Å²) in [4.78, 5) is 5.00. The molecular formula is C20H20N2O3. The van der Waals surface area contributed by atoms with Gasteiger partial charge in [-0.2, -0.15) is 0 Å². The molecule has 0 bridgehead atoms. The number of para-hydroxylation sites is 1. The lowest BCUT2D eigenvalue weighted by Crippen LogP contribution is -2.10. The fourth-order valence-electron chi connectivity index (χ4n) is 2.71. The van der Waals surface area contributed by atoms with Gasteiger partial charge < -0.3 is 14.1 Å². The number of oxime groups is 1. The Balaban J connectivity index is 1.92. The average Bonchev–Trinajstić information content (AvgIpc) is 3.14. The molecule has 5 heteroatoms. The standard InChI is InChI=1S/C20H20N2O3/c1-14-7-6-8-15(2)20(14)24-13-16-9-4-5-10-17(16)19(22-23-3)18-11-12-25-21-18/h4-12H,13H2,1-3H3. The predicted molar refractivity (Wildman–Crippen MR) is 95.8 cm³/mol. The number of ether oxygens (including phenoxy) is 1. The number of aryl methyl sites for hydroxylation is 2. The molecule has 0 saturated carbocycles. The Hall–Kier alpha value is -3.08. The largest absolute Gasteiger partial charge is 0.488 e. The molecule has 0 saturated heterocycles. The minimum atomic E-state index is 0.419. The molecule has 1 heterocycles. The van der Waals surface area contributed by atoms with E-state index in [1.54, 1.807) is 6.07 Å². The normalized spacial score (nSPS) is 11.4. The molecule has 0 aliphatic rings. The van der Waals surface area contributed by atoms with Crippen LogP contribution in [0.15, 0.2) is 64.5 Å². The zero-order valence-electron chi connectivity index (χ0n) is 14.5. The Morgan fingerprint density at radius 1 is 1.04 bits per heavy atom. The Bertz CT molecular complexity index is 850. The average molecular weight is 336 g/mol. The van der Waals surface area contributed by atoms with E-state index in [1.807, 2.05) is 56.3 Å². The van der Waals surface area contributed by atoms with E-state index in [1.165, 1.54) is 13.4 Å². The monoisotopic (exact) mass is 336 g/mol. The van der Waals surface area contributed by atoms with E-state index in [0.717, 1.165) is 28.0 Å². The third-order valence-electron chi connectivity index (χ3n) is 3.92. The first-order valence-corrected chi connectivity index (χ1v) is 8.00. The number of benzene rings is 2. The van der Waals surface area contributed by atoms with E-state index in [-0.39, 0.29) is 0 Å². The zero-order chi connectivity index (χ0) is 17.6. The van der Waals surface area contributed by atoms with Crippen molar-refractivity contribution in [2.75, 3.05) is 7.11 Å². The summed E-state index contributed by atoms with van der Waals surface area (Å²) in [6, 6.07) is 15.8. The second kappa shape index (κ2) is 7.66. The van der Waals surface area contributed by atoms with Gasteiger partial charge in [0.05, 0.1) is 0 Å². The van der Waals surface area contributed by atoms with Gasteiger partial charge in [-0.3, -0.25) is 0 Å². The maximum absolute atomic E-state index is 6.10. The molecule has 0 atom stereocenters. The summed E-state index contributed by atoms with van der Waals surface area (Å²) in [6.45, 7) is 4.51. The molecular weight excluding hydrogens is 316 g/mol. The first kappa shape index (κ1) is 16.8. The van der Waals surface area contributed by atoms with E-state index < -0.39 is 0 Å². The first-order valence-electron chi connectivity index (χ1n) is 8.00. The van der Waals surface area contributed by atoms with Gasteiger partial charge in [0.2, 0.25) is 0 Å². The number of rotatable bonds is 6. The van der Waals surface area contributed by atoms with Crippen molar-refractivity contribution < 1.29 is 14.1 Å². The molecule has 0 aliphatic carbocycles. The lowest BCUT2D eigenvalue weighted by Gasteiger charge is -2.14. The minimum Gasteiger partial charge on any atom is -0.488 e. The Kier molecular flexibility index (Phi) is 5.14. The molecule has 25 heavy (non-hydrogen) atoms. The minimum absolute atomic E-state index is 0.419. The van der Waals surface area contributed by atoms with Crippen LogP contribution >= 0.6 is 0 Å². The van der Waals surface area contributed by atoms with E-state index >= 15 is 0 Å². The predicted octanol–water partition coefficient (Wildman–Crippen LogP) is 4.27. The number of aromatic nitrogens is 1. The molecule has 0 radical (unpaired) electrons. The van der Waals surface area contributed by atoms with Crippen LogP contribution in [-0.4, -0.2) is 18.0 Å².